The fraction of sp³-hybridized carbons (Fsp3) is 0.667. The minimum atomic E-state index is -0.392. The average molecular weight is 200 g/mol. The minimum absolute atomic E-state index is 0.367. The number of nitrogens with zero attached hydrogens (tertiary/aromatic N) is 1. The van der Waals surface area contributed by atoms with Crippen LogP contribution in [0.5, 0.6) is 0 Å². The van der Waals surface area contributed by atoms with Gasteiger partial charge < -0.3 is 20.1 Å². The van der Waals surface area contributed by atoms with Gasteiger partial charge in [-0.25, -0.2) is 4.79 Å². The van der Waals surface area contributed by atoms with Crippen LogP contribution in [0.1, 0.15) is 6.92 Å². The van der Waals surface area contributed by atoms with Gasteiger partial charge in [0.1, 0.15) is 5.82 Å². The van der Waals surface area contributed by atoms with Crippen molar-refractivity contribution in [1.29, 1.82) is 0 Å². The molecule has 80 valence electrons. The van der Waals surface area contributed by atoms with Gasteiger partial charge in [-0.3, -0.25) is 0 Å². The third kappa shape index (κ3) is 3.26. The van der Waals surface area contributed by atoms with Crippen molar-refractivity contribution in [3.63, 3.8) is 0 Å². The topological polar surface area (TPSA) is 64.8 Å². The van der Waals surface area contributed by atoms with Crippen molar-refractivity contribution in [2.45, 2.75) is 6.92 Å². The van der Waals surface area contributed by atoms with Gasteiger partial charge in [-0.2, -0.15) is 0 Å². The first-order valence-corrected chi connectivity index (χ1v) is 4.70. The van der Waals surface area contributed by atoms with Crippen molar-refractivity contribution in [2.75, 3.05) is 32.9 Å². The largest absolute Gasteiger partial charge is 0.463 e. The lowest BCUT2D eigenvalue weighted by Crippen LogP contribution is -2.38. The molecule has 0 amide bonds. The van der Waals surface area contributed by atoms with Gasteiger partial charge in [-0.05, 0) is 6.92 Å². The van der Waals surface area contributed by atoms with E-state index in [2.05, 4.69) is 0 Å². The van der Waals surface area contributed by atoms with Crippen molar-refractivity contribution < 1.29 is 14.3 Å². The van der Waals surface area contributed by atoms with Crippen LogP contribution in [0.15, 0.2) is 11.9 Å². The highest BCUT2D eigenvalue weighted by molar-refractivity contribution is 5.82. The molecule has 2 N–H and O–H groups in total. The van der Waals surface area contributed by atoms with E-state index in [0.29, 0.717) is 25.6 Å². The Kier molecular flexibility index (Phi) is 4.25. The van der Waals surface area contributed by atoms with Gasteiger partial charge in [0.25, 0.3) is 0 Å². The smallest absolute Gasteiger partial charge is 0.334 e. The van der Waals surface area contributed by atoms with E-state index in [4.69, 9.17) is 15.2 Å². The SMILES string of the molecule is CCOC(=O)/C=C(/N)N1CCOCC1. The highest BCUT2D eigenvalue weighted by Crippen LogP contribution is 2.02. The van der Waals surface area contributed by atoms with Gasteiger partial charge in [-0.1, -0.05) is 0 Å². The summed E-state index contributed by atoms with van der Waals surface area (Å²) in [7, 11) is 0. The third-order valence-corrected chi connectivity index (χ3v) is 1.93. The molecule has 1 fully saturated rings. The Labute approximate surface area is 83.5 Å². The highest BCUT2D eigenvalue weighted by Gasteiger charge is 2.12. The molecular formula is C9H16N2O3. The lowest BCUT2D eigenvalue weighted by atomic mass is 10.4. The van der Waals surface area contributed by atoms with Crippen LogP contribution in [0.25, 0.3) is 0 Å². The van der Waals surface area contributed by atoms with Crippen LogP contribution in [0, 0.1) is 0 Å². The third-order valence-electron chi connectivity index (χ3n) is 1.93. The molecule has 1 heterocycles. The Bertz CT molecular complexity index is 222. The lowest BCUT2D eigenvalue weighted by molar-refractivity contribution is -0.137. The van der Waals surface area contributed by atoms with E-state index in [1.165, 1.54) is 6.08 Å². The van der Waals surface area contributed by atoms with Crippen LogP contribution in [0.4, 0.5) is 0 Å². The predicted molar refractivity (Wildman–Crippen MR) is 51.3 cm³/mol. The number of nitrogens with two attached hydrogens (primary N) is 1. The average Bonchev–Trinajstić information content (AvgIpc) is 2.19. The maximum atomic E-state index is 11.1. The molecule has 0 radical (unpaired) electrons. The van der Waals surface area contributed by atoms with E-state index in [9.17, 15) is 4.79 Å². The molecule has 0 atom stereocenters. The fourth-order valence-electron chi connectivity index (χ4n) is 1.22. The number of ether oxygens (including phenoxy) is 2. The summed E-state index contributed by atoms with van der Waals surface area (Å²) in [4.78, 5) is 13.0. The molecule has 0 aliphatic carbocycles. The maximum absolute atomic E-state index is 11.1. The number of carbonyl (C=O) groups is 1. The summed E-state index contributed by atoms with van der Waals surface area (Å²) in [5.41, 5.74) is 5.71. The first-order valence-electron chi connectivity index (χ1n) is 4.70. The zero-order chi connectivity index (χ0) is 10.4. The van der Waals surface area contributed by atoms with E-state index in [-0.39, 0.29) is 0 Å². The summed E-state index contributed by atoms with van der Waals surface area (Å²) in [6.45, 7) is 4.88. The number of rotatable bonds is 3. The molecule has 14 heavy (non-hydrogen) atoms. The van der Waals surface area contributed by atoms with E-state index in [1.54, 1.807) is 6.92 Å². The van der Waals surface area contributed by atoms with Gasteiger partial charge in [0.2, 0.25) is 0 Å². The minimum Gasteiger partial charge on any atom is -0.463 e. The Morgan fingerprint density at radius 1 is 1.57 bits per heavy atom. The predicted octanol–water partition coefficient (Wildman–Crippen LogP) is -0.318. The summed E-state index contributed by atoms with van der Waals surface area (Å²) < 4.78 is 9.91. The van der Waals surface area contributed by atoms with Gasteiger partial charge in [0.05, 0.1) is 25.9 Å². The number of hydrogen-bond donors (Lipinski definition) is 1. The zero-order valence-corrected chi connectivity index (χ0v) is 8.36. The first-order chi connectivity index (χ1) is 6.74. The fourth-order valence-corrected chi connectivity index (χ4v) is 1.22. The molecule has 0 bridgehead atoms. The van der Waals surface area contributed by atoms with Crippen LogP contribution in [-0.4, -0.2) is 43.8 Å². The van der Waals surface area contributed by atoms with Gasteiger partial charge in [0, 0.05) is 13.1 Å². The number of morpholine rings is 1. The summed E-state index contributed by atoms with van der Waals surface area (Å²) in [6.07, 6.45) is 1.31. The van der Waals surface area contributed by atoms with E-state index in [1.807, 2.05) is 4.90 Å². The molecule has 0 aromatic carbocycles. The van der Waals surface area contributed by atoms with Crippen molar-refractivity contribution in [3.05, 3.63) is 11.9 Å². The van der Waals surface area contributed by atoms with Crippen LogP contribution in [0.3, 0.4) is 0 Å². The summed E-state index contributed by atoms with van der Waals surface area (Å²) in [5.74, 6) is 0.0586. The Balaban J connectivity index is 2.44. The van der Waals surface area contributed by atoms with Gasteiger partial charge in [0.15, 0.2) is 0 Å². The summed E-state index contributed by atoms with van der Waals surface area (Å²) in [5, 5.41) is 0. The lowest BCUT2D eigenvalue weighted by Gasteiger charge is -2.28. The molecule has 1 aliphatic heterocycles. The maximum Gasteiger partial charge on any atom is 0.334 e. The molecule has 0 aromatic rings. The monoisotopic (exact) mass is 200 g/mol. The summed E-state index contributed by atoms with van der Waals surface area (Å²) in [6, 6.07) is 0. The van der Waals surface area contributed by atoms with Crippen LogP contribution < -0.4 is 5.73 Å². The molecule has 0 unspecified atom stereocenters. The van der Waals surface area contributed by atoms with Crippen molar-refractivity contribution >= 4 is 5.97 Å². The van der Waals surface area contributed by atoms with Crippen molar-refractivity contribution in [1.82, 2.24) is 4.90 Å². The van der Waals surface area contributed by atoms with Crippen molar-refractivity contribution in [2.24, 2.45) is 5.73 Å². The second kappa shape index (κ2) is 5.49. The van der Waals surface area contributed by atoms with Crippen LogP contribution >= 0.6 is 0 Å². The second-order valence-electron chi connectivity index (χ2n) is 2.92. The van der Waals surface area contributed by atoms with E-state index < -0.39 is 5.97 Å². The number of carbonyl (C=O) groups excluding carboxylic acids is 1. The number of esters is 1. The molecular weight excluding hydrogens is 184 g/mol. The molecule has 0 spiro atoms. The Morgan fingerprint density at radius 2 is 2.21 bits per heavy atom. The quantitative estimate of drug-likeness (QED) is 0.499. The van der Waals surface area contributed by atoms with Gasteiger partial charge >= 0.3 is 5.97 Å². The number of hydrogen-bond acceptors (Lipinski definition) is 5. The summed E-state index contributed by atoms with van der Waals surface area (Å²) >= 11 is 0. The first kappa shape index (κ1) is 10.8. The molecule has 1 rings (SSSR count). The highest BCUT2D eigenvalue weighted by atomic mass is 16.5. The van der Waals surface area contributed by atoms with Crippen molar-refractivity contribution in [3.8, 4) is 0 Å². The molecule has 5 nitrogen and oxygen atoms in total. The molecule has 0 saturated carbocycles. The molecule has 5 heteroatoms. The molecule has 1 saturated heterocycles. The normalized spacial score (nSPS) is 18.1. The van der Waals surface area contributed by atoms with Gasteiger partial charge in [-0.15, -0.1) is 0 Å². The van der Waals surface area contributed by atoms with Crippen LogP contribution in [0.2, 0.25) is 0 Å². The second-order valence-corrected chi connectivity index (χ2v) is 2.92. The zero-order valence-electron chi connectivity index (χ0n) is 8.36. The Hall–Kier alpha value is -1.23. The molecule has 0 aromatic heterocycles. The molecule has 1 aliphatic rings. The standard InChI is InChI=1S/C9H16N2O3/c1-2-14-9(12)7-8(10)11-3-5-13-6-4-11/h7H,2-6,10H2,1H3/b8-7-. The van der Waals surface area contributed by atoms with E-state index in [0.717, 1.165) is 13.1 Å². The van der Waals surface area contributed by atoms with Crippen LogP contribution in [-0.2, 0) is 14.3 Å². The van der Waals surface area contributed by atoms with E-state index >= 15 is 0 Å². The Morgan fingerprint density at radius 3 is 2.79 bits per heavy atom.